The third kappa shape index (κ3) is 6.60. The van der Waals surface area contributed by atoms with Crippen molar-refractivity contribution in [1.29, 1.82) is 0 Å². The number of hydrogen-bond donors (Lipinski definition) is 1. The van der Waals surface area contributed by atoms with Crippen LogP contribution in [-0.4, -0.2) is 77.1 Å². The third-order valence-corrected chi connectivity index (χ3v) is 8.13. The summed E-state index contributed by atoms with van der Waals surface area (Å²) < 4.78 is 13.1. The lowest BCUT2D eigenvalue weighted by molar-refractivity contribution is 0.0383. The standard InChI is InChI=1S/C27H30N6O3S2/c1-35-23-10-6-5-9-22(23)33-24(17-20-7-3-2-4-8-20)30-31-27(33)38-19-25-29-21(18-37-25)26(34)28-11-12-32-13-15-36-16-14-32/h2-10,18H,11-17,19H2,1H3,(H,28,34). The number of para-hydroxylation sites is 2. The molecular formula is C27H30N6O3S2. The van der Waals surface area contributed by atoms with Gasteiger partial charge in [-0.25, -0.2) is 4.98 Å². The maximum Gasteiger partial charge on any atom is 0.270 e. The van der Waals surface area contributed by atoms with Crippen molar-refractivity contribution in [3.8, 4) is 11.4 Å². The summed E-state index contributed by atoms with van der Waals surface area (Å²) in [5, 5.41) is 15.4. The van der Waals surface area contributed by atoms with Crippen LogP contribution in [0.3, 0.4) is 0 Å². The van der Waals surface area contributed by atoms with E-state index < -0.39 is 0 Å². The van der Waals surface area contributed by atoms with Crippen LogP contribution in [-0.2, 0) is 16.9 Å². The van der Waals surface area contributed by atoms with Gasteiger partial charge in [-0.15, -0.1) is 21.5 Å². The number of carbonyl (C=O) groups is 1. The second-order valence-electron chi connectivity index (χ2n) is 8.69. The number of rotatable bonds is 11. The van der Waals surface area contributed by atoms with E-state index in [1.165, 1.54) is 23.1 Å². The molecule has 9 nitrogen and oxygen atoms in total. The summed E-state index contributed by atoms with van der Waals surface area (Å²) in [6, 6.07) is 18.1. The molecule has 2 aromatic heterocycles. The molecular weight excluding hydrogens is 520 g/mol. The summed E-state index contributed by atoms with van der Waals surface area (Å²) >= 11 is 3.01. The van der Waals surface area contributed by atoms with Crippen LogP contribution >= 0.6 is 23.1 Å². The molecule has 0 atom stereocenters. The molecule has 3 heterocycles. The number of amides is 1. The Morgan fingerprint density at radius 1 is 1.11 bits per heavy atom. The number of thioether (sulfide) groups is 1. The summed E-state index contributed by atoms with van der Waals surface area (Å²) in [6.07, 6.45) is 0.637. The highest BCUT2D eigenvalue weighted by Gasteiger charge is 2.19. The smallest absolute Gasteiger partial charge is 0.270 e. The number of carbonyl (C=O) groups excluding carboxylic acids is 1. The van der Waals surface area contributed by atoms with E-state index in [-0.39, 0.29) is 5.91 Å². The van der Waals surface area contributed by atoms with Crippen LogP contribution in [0, 0.1) is 0 Å². The summed E-state index contributed by atoms with van der Waals surface area (Å²) in [4.78, 5) is 19.5. The van der Waals surface area contributed by atoms with Gasteiger partial charge in [0.2, 0.25) is 0 Å². The largest absolute Gasteiger partial charge is 0.495 e. The van der Waals surface area contributed by atoms with Gasteiger partial charge in [0.15, 0.2) is 5.16 Å². The van der Waals surface area contributed by atoms with Crippen molar-refractivity contribution < 1.29 is 14.3 Å². The normalized spacial score (nSPS) is 13.9. The Morgan fingerprint density at radius 3 is 2.71 bits per heavy atom. The van der Waals surface area contributed by atoms with Gasteiger partial charge >= 0.3 is 0 Å². The molecule has 1 amide bonds. The van der Waals surface area contributed by atoms with E-state index in [0.29, 0.717) is 24.4 Å². The molecule has 1 aliphatic rings. The van der Waals surface area contributed by atoms with Gasteiger partial charge in [-0.3, -0.25) is 14.3 Å². The molecule has 4 aromatic rings. The monoisotopic (exact) mass is 550 g/mol. The molecule has 0 aliphatic carbocycles. The molecule has 0 bridgehead atoms. The topological polar surface area (TPSA) is 94.4 Å². The predicted octanol–water partition coefficient (Wildman–Crippen LogP) is 3.68. The van der Waals surface area contributed by atoms with Gasteiger partial charge < -0.3 is 14.8 Å². The fraction of sp³-hybridized carbons (Fsp3) is 0.333. The summed E-state index contributed by atoms with van der Waals surface area (Å²) in [5.41, 5.74) is 2.48. The van der Waals surface area contributed by atoms with Crippen molar-refractivity contribution in [3.05, 3.63) is 82.1 Å². The zero-order chi connectivity index (χ0) is 26.2. The van der Waals surface area contributed by atoms with Crippen molar-refractivity contribution in [1.82, 2.24) is 30.0 Å². The van der Waals surface area contributed by atoms with Crippen LogP contribution in [0.4, 0.5) is 0 Å². The van der Waals surface area contributed by atoms with Crippen LogP contribution in [0.5, 0.6) is 5.75 Å². The maximum atomic E-state index is 12.6. The molecule has 0 spiro atoms. The molecule has 38 heavy (non-hydrogen) atoms. The van der Waals surface area contributed by atoms with E-state index in [2.05, 4.69) is 37.5 Å². The van der Waals surface area contributed by atoms with Crippen LogP contribution in [0.15, 0.2) is 65.1 Å². The fourth-order valence-corrected chi connectivity index (χ4v) is 5.95. The van der Waals surface area contributed by atoms with E-state index in [1.54, 1.807) is 7.11 Å². The predicted molar refractivity (Wildman–Crippen MR) is 148 cm³/mol. The number of aromatic nitrogens is 4. The van der Waals surface area contributed by atoms with Gasteiger partial charge in [-0.1, -0.05) is 54.2 Å². The van der Waals surface area contributed by atoms with Crippen molar-refractivity contribution in [3.63, 3.8) is 0 Å². The molecule has 1 saturated heterocycles. The number of nitrogens with one attached hydrogen (secondary N) is 1. The van der Waals surface area contributed by atoms with E-state index in [4.69, 9.17) is 9.47 Å². The Hall–Kier alpha value is -3.25. The zero-order valence-electron chi connectivity index (χ0n) is 21.2. The summed E-state index contributed by atoms with van der Waals surface area (Å²) in [5.74, 6) is 1.99. The lowest BCUT2D eigenvalue weighted by Gasteiger charge is -2.26. The lowest BCUT2D eigenvalue weighted by Crippen LogP contribution is -2.41. The van der Waals surface area contributed by atoms with Gasteiger partial charge in [0, 0.05) is 38.0 Å². The number of methoxy groups -OCH3 is 1. The highest BCUT2D eigenvalue weighted by atomic mass is 32.2. The molecule has 0 radical (unpaired) electrons. The van der Waals surface area contributed by atoms with Crippen molar-refractivity contribution in [2.45, 2.75) is 17.3 Å². The van der Waals surface area contributed by atoms with Crippen LogP contribution in [0.25, 0.3) is 5.69 Å². The van der Waals surface area contributed by atoms with Crippen LogP contribution in [0.1, 0.15) is 26.9 Å². The third-order valence-electron chi connectivity index (χ3n) is 6.16. The first-order chi connectivity index (χ1) is 18.7. The number of hydrogen-bond acceptors (Lipinski definition) is 9. The number of benzene rings is 2. The Morgan fingerprint density at radius 2 is 1.89 bits per heavy atom. The lowest BCUT2D eigenvalue weighted by atomic mass is 10.1. The first-order valence-electron chi connectivity index (χ1n) is 12.5. The number of nitrogens with zero attached hydrogens (tertiary/aromatic N) is 5. The summed E-state index contributed by atoms with van der Waals surface area (Å²) in [7, 11) is 1.66. The van der Waals surface area contributed by atoms with Gasteiger partial charge in [0.25, 0.3) is 5.91 Å². The molecule has 198 valence electrons. The fourth-order valence-electron chi connectivity index (χ4n) is 4.19. The number of thiazole rings is 1. The quantitative estimate of drug-likeness (QED) is 0.283. The minimum absolute atomic E-state index is 0.145. The number of ether oxygens (including phenoxy) is 2. The van der Waals surface area contributed by atoms with E-state index >= 15 is 0 Å². The molecule has 1 N–H and O–H groups in total. The molecule has 1 aliphatic heterocycles. The first kappa shape index (κ1) is 26.4. The average Bonchev–Trinajstić information content (AvgIpc) is 3.60. The Labute approximate surface area is 230 Å². The minimum Gasteiger partial charge on any atom is -0.495 e. The number of morpholine rings is 1. The Bertz CT molecular complexity index is 1340. The van der Waals surface area contributed by atoms with Gasteiger partial charge in [0.05, 0.1) is 31.8 Å². The Balaban J connectivity index is 1.26. The summed E-state index contributed by atoms with van der Waals surface area (Å²) in [6.45, 7) is 4.71. The molecule has 0 unspecified atom stereocenters. The SMILES string of the molecule is COc1ccccc1-n1c(Cc2ccccc2)nnc1SCc1nc(C(=O)NCCN2CCOCC2)cs1. The van der Waals surface area contributed by atoms with Crippen LogP contribution in [0.2, 0.25) is 0 Å². The average molecular weight is 551 g/mol. The van der Waals surface area contributed by atoms with E-state index in [1.807, 2.05) is 52.4 Å². The maximum absolute atomic E-state index is 12.6. The van der Waals surface area contributed by atoms with Crippen LogP contribution < -0.4 is 10.1 Å². The first-order valence-corrected chi connectivity index (χ1v) is 14.3. The molecule has 11 heteroatoms. The van der Waals surface area contributed by atoms with Crippen molar-refractivity contribution >= 4 is 29.0 Å². The van der Waals surface area contributed by atoms with E-state index in [0.717, 1.165) is 65.8 Å². The van der Waals surface area contributed by atoms with Gasteiger partial charge in [-0.05, 0) is 17.7 Å². The van der Waals surface area contributed by atoms with Gasteiger partial charge in [-0.2, -0.15) is 0 Å². The molecule has 5 rings (SSSR count). The Kier molecular flexibility index (Phi) is 9.02. The highest BCUT2D eigenvalue weighted by molar-refractivity contribution is 7.98. The molecule has 2 aromatic carbocycles. The van der Waals surface area contributed by atoms with E-state index in [9.17, 15) is 4.79 Å². The van der Waals surface area contributed by atoms with Gasteiger partial charge in [0.1, 0.15) is 22.3 Å². The molecule has 1 fully saturated rings. The van der Waals surface area contributed by atoms with Crippen molar-refractivity contribution in [2.24, 2.45) is 0 Å². The zero-order valence-corrected chi connectivity index (χ0v) is 22.8. The molecule has 0 saturated carbocycles. The minimum atomic E-state index is -0.145. The second-order valence-corrected chi connectivity index (χ2v) is 10.6. The highest BCUT2D eigenvalue weighted by Crippen LogP contribution is 2.31. The van der Waals surface area contributed by atoms with Crippen molar-refractivity contribution in [2.75, 3.05) is 46.5 Å². The second kappa shape index (κ2) is 13.0.